The third-order valence-corrected chi connectivity index (χ3v) is 14.7. The third kappa shape index (κ3) is 2.46. The third-order valence-electron chi connectivity index (χ3n) is 10.3. The second kappa shape index (κ2) is 5.89. The Morgan fingerprint density at radius 2 is 1.66 bits per heavy atom. The maximum Gasteiger partial charge on any atom is 0.192 e. The average molecular weight is 423 g/mol. The van der Waals surface area contributed by atoms with Crippen molar-refractivity contribution in [3.63, 3.8) is 0 Å². The molecule has 4 nitrogen and oxygen atoms in total. The second-order valence-electron chi connectivity index (χ2n) is 12.8. The fourth-order valence-corrected chi connectivity index (χ4v) is 8.89. The van der Waals surface area contributed by atoms with Gasteiger partial charge < -0.3 is 19.0 Å². The van der Waals surface area contributed by atoms with E-state index in [1.807, 2.05) is 0 Å². The van der Waals surface area contributed by atoms with Crippen LogP contribution in [0.2, 0.25) is 18.1 Å². The van der Waals surface area contributed by atoms with E-state index in [1.54, 1.807) is 0 Å². The molecule has 2 saturated carbocycles. The Morgan fingerprint density at radius 1 is 1.00 bits per heavy atom. The van der Waals surface area contributed by atoms with Gasteiger partial charge in [-0.3, -0.25) is 0 Å². The van der Waals surface area contributed by atoms with E-state index in [0.29, 0.717) is 5.92 Å². The highest BCUT2D eigenvalue weighted by Crippen LogP contribution is 2.75. The number of hydrogen-bond donors (Lipinski definition) is 1. The van der Waals surface area contributed by atoms with E-state index in [1.165, 1.54) is 19.3 Å². The van der Waals surface area contributed by atoms with Gasteiger partial charge in [0.2, 0.25) is 0 Å². The molecule has 5 aliphatic rings. The first-order chi connectivity index (χ1) is 13.3. The van der Waals surface area contributed by atoms with E-state index in [2.05, 4.69) is 47.7 Å². The lowest BCUT2D eigenvalue weighted by Crippen LogP contribution is -2.66. The van der Waals surface area contributed by atoms with Gasteiger partial charge in [0, 0.05) is 12.3 Å². The summed E-state index contributed by atoms with van der Waals surface area (Å²) in [5, 5.41) is 12.1. The molecule has 0 radical (unpaired) electrons. The predicted molar refractivity (Wildman–Crippen MR) is 116 cm³/mol. The Labute approximate surface area is 178 Å². The largest absolute Gasteiger partial charge is 0.411 e. The number of fused-ring (bicyclic) bond motifs is 3. The van der Waals surface area contributed by atoms with Gasteiger partial charge in [0.15, 0.2) is 8.32 Å². The molecule has 0 unspecified atom stereocenters. The quantitative estimate of drug-likeness (QED) is 0.502. The number of rotatable bonds is 3. The van der Waals surface area contributed by atoms with Crippen molar-refractivity contribution in [2.75, 3.05) is 0 Å². The van der Waals surface area contributed by atoms with Crippen LogP contribution in [0, 0.1) is 11.8 Å². The molecule has 29 heavy (non-hydrogen) atoms. The number of epoxide rings is 1. The van der Waals surface area contributed by atoms with Crippen LogP contribution in [0.15, 0.2) is 0 Å². The maximum atomic E-state index is 11.9. The predicted octanol–water partition coefficient (Wildman–Crippen LogP) is 5.19. The summed E-state index contributed by atoms with van der Waals surface area (Å²) in [6.07, 6.45) is 8.60. The fraction of sp³-hybridized carbons (Fsp3) is 1.00. The minimum Gasteiger partial charge on any atom is -0.411 e. The first-order valence-corrected chi connectivity index (χ1v) is 15.0. The first-order valence-electron chi connectivity index (χ1n) is 12.1. The van der Waals surface area contributed by atoms with Crippen LogP contribution in [0.3, 0.4) is 0 Å². The molecule has 5 heteroatoms. The van der Waals surface area contributed by atoms with Gasteiger partial charge in [0.25, 0.3) is 0 Å². The van der Waals surface area contributed by atoms with E-state index in [9.17, 15) is 5.11 Å². The number of ether oxygens (including phenoxy) is 2. The van der Waals surface area contributed by atoms with Gasteiger partial charge in [0.05, 0.1) is 17.3 Å². The van der Waals surface area contributed by atoms with Gasteiger partial charge >= 0.3 is 0 Å². The molecule has 3 aliphatic heterocycles. The Kier molecular flexibility index (Phi) is 4.25. The first kappa shape index (κ1) is 20.9. The van der Waals surface area contributed by atoms with Gasteiger partial charge in [-0.15, -0.1) is 0 Å². The Hall–Kier alpha value is 0.0569. The van der Waals surface area contributed by atoms with Crippen molar-refractivity contribution in [1.82, 2.24) is 0 Å². The molecule has 0 amide bonds. The lowest BCUT2D eigenvalue weighted by Gasteiger charge is -2.53. The SMILES string of the molecule is CC(C)(C)[Si](C)(C)O[C@@H]1C[C@]2(C3CCCCC3)O[C@@]1(C)[C@@H]1CC[C@]3(C)O[C@]13[C@@H]2O. The van der Waals surface area contributed by atoms with Crippen molar-refractivity contribution in [2.45, 2.75) is 139 Å². The molecule has 7 atom stereocenters. The molecule has 5 rings (SSSR count). The summed E-state index contributed by atoms with van der Waals surface area (Å²) in [6, 6.07) is 0. The van der Waals surface area contributed by atoms with Gasteiger partial charge in [-0.05, 0) is 63.6 Å². The maximum absolute atomic E-state index is 11.9. The smallest absolute Gasteiger partial charge is 0.192 e. The normalized spacial score (nSPS) is 52.3. The van der Waals surface area contributed by atoms with Crippen LogP contribution < -0.4 is 0 Å². The van der Waals surface area contributed by atoms with Crippen molar-refractivity contribution in [2.24, 2.45) is 11.8 Å². The van der Waals surface area contributed by atoms with Crippen molar-refractivity contribution in [1.29, 1.82) is 0 Å². The Bertz CT molecular complexity index is 697. The summed E-state index contributed by atoms with van der Waals surface area (Å²) in [5.41, 5.74) is -1.45. The van der Waals surface area contributed by atoms with Gasteiger partial charge in [-0.25, -0.2) is 0 Å². The van der Waals surface area contributed by atoms with Crippen LogP contribution >= 0.6 is 0 Å². The van der Waals surface area contributed by atoms with Crippen LogP contribution in [0.5, 0.6) is 0 Å². The molecule has 0 aromatic rings. The van der Waals surface area contributed by atoms with Crippen molar-refractivity contribution < 1.29 is 19.0 Å². The summed E-state index contributed by atoms with van der Waals surface area (Å²) >= 11 is 0. The highest BCUT2D eigenvalue weighted by atomic mass is 28.4. The monoisotopic (exact) mass is 422 g/mol. The van der Waals surface area contributed by atoms with Crippen molar-refractivity contribution in [3.05, 3.63) is 0 Å². The van der Waals surface area contributed by atoms with Crippen LogP contribution in [0.1, 0.15) is 86.0 Å². The summed E-state index contributed by atoms with van der Waals surface area (Å²) in [7, 11) is -1.96. The molecule has 1 N–H and O–H groups in total. The van der Waals surface area contributed by atoms with Crippen LogP contribution in [-0.4, -0.2) is 48.0 Å². The van der Waals surface area contributed by atoms with E-state index < -0.39 is 25.6 Å². The lowest BCUT2D eigenvalue weighted by atomic mass is 9.66. The second-order valence-corrected chi connectivity index (χ2v) is 17.5. The molecule has 166 valence electrons. The molecule has 3 saturated heterocycles. The topological polar surface area (TPSA) is 51.2 Å². The van der Waals surface area contributed by atoms with Gasteiger partial charge in [0.1, 0.15) is 17.3 Å². The van der Waals surface area contributed by atoms with Crippen LogP contribution in [0.4, 0.5) is 0 Å². The van der Waals surface area contributed by atoms with Gasteiger partial charge in [-0.2, -0.15) is 0 Å². The zero-order valence-corrected chi connectivity index (χ0v) is 20.6. The van der Waals surface area contributed by atoms with E-state index in [-0.39, 0.29) is 28.3 Å². The minimum atomic E-state index is -1.96. The Balaban J connectivity index is 1.57. The molecule has 1 spiro atoms. The molecule has 3 heterocycles. The molecule has 0 aromatic carbocycles. The zero-order valence-electron chi connectivity index (χ0n) is 19.6. The van der Waals surface area contributed by atoms with E-state index in [0.717, 1.165) is 32.1 Å². The van der Waals surface area contributed by atoms with Crippen LogP contribution in [-0.2, 0) is 13.9 Å². The van der Waals surface area contributed by atoms with Crippen molar-refractivity contribution in [3.8, 4) is 0 Å². The van der Waals surface area contributed by atoms with Crippen LogP contribution in [0.25, 0.3) is 0 Å². The van der Waals surface area contributed by atoms with Gasteiger partial charge in [-0.1, -0.05) is 40.0 Å². The standard InChI is InChI=1S/C24H42O4Si/c1-20(2,3)29(6,7)26-18-15-23(16-11-9-8-10-12-16)19(25)24-17(22(18,5)28-23)13-14-21(24,4)27-24/h16-19,25H,8-15H2,1-7H3/t17-,18+,19+,21-,22-,23+,24-/m0/s1. The lowest BCUT2D eigenvalue weighted by molar-refractivity contribution is -0.268. The molecular weight excluding hydrogens is 380 g/mol. The summed E-state index contributed by atoms with van der Waals surface area (Å²) < 4.78 is 20.7. The average Bonchev–Trinajstić information content (AvgIpc) is 2.97. The highest BCUT2D eigenvalue weighted by Gasteiger charge is 2.88. The summed E-state index contributed by atoms with van der Waals surface area (Å²) in [5.74, 6) is 0.645. The number of aliphatic hydroxyl groups is 1. The molecular formula is C24H42O4Si. The summed E-state index contributed by atoms with van der Waals surface area (Å²) in [4.78, 5) is 0. The highest BCUT2D eigenvalue weighted by molar-refractivity contribution is 6.74. The molecule has 0 aromatic heterocycles. The number of hydrogen-bond acceptors (Lipinski definition) is 4. The molecule has 2 bridgehead atoms. The number of aliphatic hydroxyl groups excluding tert-OH is 1. The van der Waals surface area contributed by atoms with Crippen molar-refractivity contribution >= 4 is 8.32 Å². The molecule has 5 fully saturated rings. The van der Waals surface area contributed by atoms with E-state index >= 15 is 0 Å². The molecule has 2 aliphatic carbocycles. The fourth-order valence-electron chi connectivity index (χ4n) is 7.51. The van der Waals surface area contributed by atoms with E-state index in [4.69, 9.17) is 13.9 Å². The summed E-state index contributed by atoms with van der Waals surface area (Å²) in [6.45, 7) is 16.2. The zero-order chi connectivity index (χ0) is 21.1. The Morgan fingerprint density at radius 3 is 2.24 bits per heavy atom. The minimum absolute atomic E-state index is 0.0518.